The van der Waals surface area contributed by atoms with Crippen LogP contribution in [0.1, 0.15) is 16.8 Å². The zero-order valence-electron chi connectivity index (χ0n) is 17.0. The highest BCUT2D eigenvalue weighted by atomic mass is 35.5. The molecule has 0 aliphatic carbocycles. The summed E-state index contributed by atoms with van der Waals surface area (Å²) < 4.78 is 0. The minimum atomic E-state index is 0.732. The van der Waals surface area contributed by atoms with E-state index in [1.54, 1.807) is 0 Å². The van der Waals surface area contributed by atoms with Gasteiger partial charge >= 0.3 is 0 Å². The molecule has 2 aromatic heterocycles. The fraction of sp³-hybridized carbons (Fsp3) is 0.160. The second-order valence-electron chi connectivity index (χ2n) is 7.81. The van der Waals surface area contributed by atoms with Gasteiger partial charge in [0, 0.05) is 65.8 Å². The largest absolute Gasteiger partial charge is 0.399 e. The smallest absolute Gasteiger partial charge is 0.159 e. The number of nitrogen functional groups attached to an aromatic ring is 1. The number of anilines is 1. The molecule has 3 heterocycles. The zero-order chi connectivity index (χ0) is 21.2. The van der Waals surface area contributed by atoms with Crippen molar-refractivity contribution in [3.05, 3.63) is 94.9 Å². The van der Waals surface area contributed by atoms with Crippen molar-refractivity contribution in [3.8, 4) is 22.6 Å². The van der Waals surface area contributed by atoms with Crippen molar-refractivity contribution in [1.29, 1.82) is 0 Å². The summed E-state index contributed by atoms with van der Waals surface area (Å²) in [6.07, 6.45) is 4.83. The van der Waals surface area contributed by atoms with E-state index in [9.17, 15) is 0 Å². The molecule has 5 nitrogen and oxygen atoms in total. The predicted molar refractivity (Wildman–Crippen MR) is 124 cm³/mol. The van der Waals surface area contributed by atoms with Crippen LogP contribution >= 0.6 is 11.6 Å². The topological polar surface area (TPSA) is 67.9 Å². The highest BCUT2D eigenvalue weighted by Gasteiger charge is 2.19. The average molecular weight is 428 g/mol. The maximum atomic E-state index is 5.97. The van der Waals surface area contributed by atoms with Gasteiger partial charge in [-0.2, -0.15) is 0 Å². The number of halogens is 1. The van der Waals surface area contributed by atoms with Gasteiger partial charge in [-0.3, -0.25) is 9.88 Å². The number of aromatic nitrogens is 3. The number of pyridine rings is 1. The van der Waals surface area contributed by atoms with E-state index in [1.165, 1.54) is 11.1 Å². The Kier molecular flexibility index (Phi) is 5.37. The summed E-state index contributed by atoms with van der Waals surface area (Å²) in [6, 6.07) is 19.7. The standard InChI is InChI=1S/C25H22ClN5/c26-21-6-2-18(3-7-21)23-10-1-17(13-28-23)15-31-12-11-24-20(16-31)14-29-25(30-24)19-4-8-22(27)9-5-19/h1-10,13-14H,11-12,15-16,27H2. The Hall–Kier alpha value is -3.28. The van der Waals surface area contributed by atoms with Crippen LogP contribution in [0.2, 0.25) is 5.02 Å². The first-order chi connectivity index (χ1) is 15.1. The number of nitrogens with zero attached hydrogens (tertiary/aromatic N) is 4. The van der Waals surface area contributed by atoms with Gasteiger partial charge in [-0.1, -0.05) is 29.8 Å². The van der Waals surface area contributed by atoms with E-state index in [-0.39, 0.29) is 0 Å². The molecule has 31 heavy (non-hydrogen) atoms. The van der Waals surface area contributed by atoms with E-state index in [0.717, 1.165) is 65.1 Å². The number of hydrogen-bond acceptors (Lipinski definition) is 5. The Morgan fingerprint density at radius 2 is 1.65 bits per heavy atom. The lowest BCUT2D eigenvalue weighted by Gasteiger charge is -2.28. The molecule has 0 atom stereocenters. The number of rotatable bonds is 4. The molecule has 154 valence electrons. The number of hydrogen-bond donors (Lipinski definition) is 1. The molecule has 1 aliphatic heterocycles. The molecule has 1 aliphatic rings. The molecule has 2 aromatic carbocycles. The second-order valence-corrected chi connectivity index (χ2v) is 8.24. The summed E-state index contributed by atoms with van der Waals surface area (Å²) in [4.78, 5) is 16.4. The van der Waals surface area contributed by atoms with E-state index in [4.69, 9.17) is 22.3 Å². The SMILES string of the molecule is Nc1ccc(-c2ncc3c(n2)CCN(Cc2ccc(-c4ccc(Cl)cc4)nc2)C3)cc1. The normalized spacial score (nSPS) is 13.7. The Balaban J connectivity index is 1.26. The van der Waals surface area contributed by atoms with Crippen LogP contribution in [-0.2, 0) is 19.5 Å². The van der Waals surface area contributed by atoms with Crippen LogP contribution in [0.3, 0.4) is 0 Å². The monoisotopic (exact) mass is 427 g/mol. The van der Waals surface area contributed by atoms with Crippen LogP contribution in [0.15, 0.2) is 73.1 Å². The van der Waals surface area contributed by atoms with Crippen LogP contribution in [0.5, 0.6) is 0 Å². The fourth-order valence-electron chi connectivity index (χ4n) is 3.85. The van der Waals surface area contributed by atoms with Crippen LogP contribution in [0, 0.1) is 0 Å². The molecular weight excluding hydrogens is 406 g/mol. The molecule has 0 bridgehead atoms. The summed E-state index contributed by atoms with van der Waals surface area (Å²) in [6.45, 7) is 2.66. The van der Waals surface area contributed by atoms with E-state index in [1.807, 2.05) is 60.9 Å². The molecule has 0 radical (unpaired) electrons. The van der Waals surface area contributed by atoms with Crippen LogP contribution < -0.4 is 5.73 Å². The van der Waals surface area contributed by atoms with Crippen molar-refractivity contribution in [2.75, 3.05) is 12.3 Å². The lowest BCUT2D eigenvalue weighted by molar-refractivity contribution is 0.242. The van der Waals surface area contributed by atoms with Crippen molar-refractivity contribution >= 4 is 17.3 Å². The number of fused-ring (bicyclic) bond motifs is 1. The third-order valence-corrected chi connectivity index (χ3v) is 5.80. The van der Waals surface area contributed by atoms with Gasteiger partial charge in [0.25, 0.3) is 0 Å². The predicted octanol–water partition coefficient (Wildman–Crippen LogP) is 5.00. The summed E-state index contributed by atoms with van der Waals surface area (Å²) in [5.74, 6) is 0.759. The van der Waals surface area contributed by atoms with Gasteiger partial charge in [-0.25, -0.2) is 9.97 Å². The van der Waals surface area contributed by atoms with E-state index < -0.39 is 0 Å². The molecule has 0 spiro atoms. The molecular formula is C25H22ClN5. The number of nitrogens with two attached hydrogens (primary N) is 1. The molecule has 0 saturated carbocycles. The maximum Gasteiger partial charge on any atom is 0.159 e. The minimum Gasteiger partial charge on any atom is -0.399 e. The van der Waals surface area contributed by atoms with Crippen molar-refractivity contribution < 1.29 is 0 Å². The summed E-state index contributed by atoms with van der Waals surface area (Å²) in [5, 5.41) is 0.732. The van der Waals surface area contributed by atoms with Crippen LogP contribution in [0.25, 0.3) is 22.6 Å². The summed E-state index contributed by atoms with van der Waals surface area (Å²) >= 11 is 5.97. The van der Waals surface area contributed by atoms with Crippen molar-refractivity contribution in [2.24, 2.45) is 0 Å². The Bertz CT molecular complexity index is 1190. The zero-order valence-corrected chi connectivity index (χ0v) is 17.8. The highest BCUT2D eigenvalue weighted by molar-refractivity contribution is 6.30. The van der Waals surface area contributed by atoms with Crippen LogP contribution in [-0.4, -0.2) is 26.4 Å². The first-order valence-electron chi connectivity index (χ1n) is 10.3. The molecule has 2 N–H and O–H groups in total. The van der Waals surface area contributed by atoms with Gasteiger partial charge in [-0.05, 0) is 48.0 Å². The lowest BCUT2D eigenvalue weighted by Crippen LogP contribution is -2.31. The van der Waals surface area contributed by atoms with E-state index >= 15 is 0 Å². The average Bonchev–Trinajstić information content (AvgIpc) is 2.80. The third kappa shape index (κ3) is 4.43. The first kappa shape index (κ1) is 19.7. The Morgan fingerprint density at radius 3 is 2.39 bits per heavy atom. The number of benzene rings is 2. The molecule has 6 heteroatoms. The summed E-state index contributed by atoms with van der Waals surface area (Å²) in [5.41, 5.74) is 13.1. The van der Waals surface area contributed by atoms with Gasteiger partial charge in [0.1, 0.15) is 0 Å². The summed E-state index contributed by atoms with van der Waals surface area (Å²) in [7, 11) is 0. The maximum absolute atomic E-state index is 5.97. The van der Waals surface area contributed by atoms with Crippen molar-refractivity contribution in [2.45, 2.75) is 19.5 Å². The van der Waals surface area contributed by atoms with Crippen LogP contribution in [0.4, 0.5) is 5.69 Å². The Labute approximate surface area is 186 Å². The van der Waals surface area contributed by atoms with E-state index in [0.29, 0.717) is 0 Å². The lowest BCUT2D eigenvalue weighted by atomic mass is 10.1. The molecule has 4 aromatic rings. The second kappa shape index (κ2) is 8.46. The fourth-order valence-corrected chi connectivity index (χ4v) is 3.97. The quantitative estimate of drug-likeness (QED) is 0.464. The minimum absolute atomic E-state index is 0.732. The molecule has 5 rings (SSSR count). The highest BCUT2D eigenvalue weighted by Crippen LogP contribution is 2.24. The van der Waals surface area contributed by atoms with Gasteiger partial charge in [0.15, 0.2) is 5.82 Å². The van der Waals surface area contributed by atoms with Crippen molar-refractivity contribution in [3.63, 3.8) is 0 Å². The third-order valence-electron chi connectivity index (χ3n) is 5.55. The van der Waals surface area contributed by atoms with Gasteiger partial charge in [-0.15, -0.1) is 0 Å². The van der Waals surface area contributed by atoms with Gasteiger partial charge < -0.3 is 5.73 Å². The molecule has 0 fully saturated rings. The Morgan fingerprint density at radius 1 is 0.871 bits per heavy atom. The van der Waals surface area contributed by atoms with E-state index in [2.05, 4.69) is 27.0 Å². The van der Waals surface area contributed by atoms with Gasteiger partial charge in [0.05, 0.1) is 11.4 Å². The van der Waals surface area contributed by atoms with Gasteiger partial charge in [0.2, 0.25) is 0 Å². The first-order valence-corrected chi connectivity index (χ1v) is 10.7. The molecule has 0 amide bonds. The van der Waals surface area contributed by atoms with Crippen molar-refractivity contribution in [1.82, 2.24) is 19.9 Å². The molecule has 0 unspecified atom stereocenters. The molecule has 0 saturated heterocycles.